The third-order valence-electron chi connectivity index (χ3n) is 2.77. The van der Waals surface area contributed by atoms with Crippen LogP contribution >= 0.6 is 0 Å². The molecule has 1 N–H and O–H groups in total. The van der Waals surface area contributed by atoms with Crippen LogP contribution in [0.2, 0.25) is 0 Å². The fraction of sp³-hybridized carbons (Fsp3) is 0.600. The molecule has 0 aliphatic carbocycles. The molecular formula is C15H25NO2. The highest BCUT2D eigenvalue weighted by Crippen LogP contribution is 2.24. The van der Waals surface area contributed by atoms with Gasteiger partial charge in [-0.05, 0) is 37.6 Å². The van der Waals surface area contributed by atoms with Crippen molar-refractivity contribution in [1.82, 2.24) is 5.32 Å². The molecule has 0 radical (unpaired) electrons. The highest BCUT2D eigenvalue weighted by Gasteiger charge is 2.05. The number of methoxy groups -OCH3 is 1. The Kier molecular flexibility index (Phi) is 7.26. The van der Waals surface area contributed by atoms with Gasteiger partial charge in [0.15, 0.2) is 0 Å². The molecule has 1 aromatic rings. The van der Waals surface area contributed by atoms with Crippen molar-refractivity contribution in [3.63, 3.8) is 0 Å². The van der Waals surface area contributed by atoms with Crippen molar-refractivity contribution in [1.29, 1.82) is 0 Å². The van der Waals surface area contributed by atoms with E-state index in [0.29, 0.717) is 0 Å². The number of benzene rings is 1. The molecule has 0 aromatic heterocycles. The Bertz CT molecular complexity index is 339. The van der Waals surface area contributed by atoms with E-state index in [2.05, 4.69) is 19.2 Å². The Balaban J connectivity index is 2.66. The molecule has 18 heavy (non-hydrogen) atoms. The Morgan fingerprint density at radius 2 is 2.00 bits per heavy atom. The second-order valence-corrected chi connectivity index (χ2v) is 4.35. The predicted octanol–water partition coefficient (Wildman–Crippen LogP) is 3.37. The highest BCUT2D eigenvalue weighted by molar-refractivity contribution is 5.40. The van der Waals surface area contributed by atoms with E-state index in [-0.39, 0.29) is 0 Å². The van der Waals surface area contributed by atoms with E-state index in [9.17, 15) is 0 Å². The van der Waals surface area contributed by atoms with E-state index < -0.39 is 0 Å². The summed E-state index contributed by atoms with van der Waals surface area (Å²) < 4.78 is 11.1. The van der Waals surface area contributed by atoms with Gasteiger partial charge in [-0.2, -0.15) is 0 Å². The van der Waals surface area contributed by atoms with Crippen molar-refractivity contribution < 1.29 is 9.47 Å². The van der Waals surface area contributed by atoms with Gasteiger partial charge in [0.25, 0.3) is 0 Å². The molecule has 0 fully saturated rings. The summed E-state index contributed by atoms with van der Waals surface area (Å²) in [5.41, 5.74) is 1.17. The standard InChI is InChI=1S/C15H25NO2/c1-4-6-10-18-15-8-7-14(17-3)11-13(15)12-16-9-5-2/h7-8,11,16H,4-6,9-10,12H2,1-3H3. The molecule has 1 aromatic carbocycles. The van der Waals surface area contributed by atoms with Crippen molar-refractivity contribution in [2.75, 3.05) is 20.3 Å². The van der Waals surface area contributed by atoms with Gasteiger partial charge >= 0.3 is 0 Å². The van der Waals surface area contributed by atoms with Crippen molar-refractivity contribution in [3.8, 4) is 11.5 Å². The predicted molar refractivity (Wildman–Crippen MR) is 75.4 cm³/mol. The molecule has 0 heterocycles. The average Bonchev–Trinajstić information content (AvgIpc) is 2.40. The lowest BCUT2D eigenvalue weighted by atomic mass is 10.2. The zero-order chi connectivity index (χ0) is 13.2. The summed E-state index contributed by atoms with van der Waals surface area (Å²) >= 11 is 0. The summed E-state index contributed by atoms with van der Waals surface area (Å²) in [6.45, 7) is 6.96. The molecule has 0 bridgehead atoms. The van der Waals surface area contributed by atoms with Crippen LogP contribution < -0.4 is 14.8 Å². The molecule has 102 valence electrons. The molecule has 0 saturated carbocycles. The van der Waals surface area contributed by atoms with Gasteiger partial charge in [-0.3, -0.25) is 0 Å². The topological polar surface area (TPSA) is 30.5 Å². The van der Waals surface area contributed by atoms with E-state index in [1.807, 2.05) is 18.2 Å². The Morgan fingerprint density at radius 3 is 2.67 bits per heavy atom. The number of rotatable bonds is 9. The first kappa shape index (κ1) is 14.8. The Morgan fingerprint density at radius 1 is 1.17 bits per heavy atom. The van der Waals surface area contributed by atoms with E-state index in [1.165, 1.54) is 5.56 Å². The number of unbranched alkanes of at least 4 members (excludes halogenated alkanes) is 1. The summed E-state index contributed by atoms with van der Waals surface area (Å²) in [6.07, 6.45) is 3.38. The Labute approximate surface area is 110 Å². The molecule has 0 amide bonds. The van der Waals surface area contributed by atoms with Crippen molar-refractivity contribution in [2.24, 2.45) is 0 Å². The zero-order valence-corrected chi connectivity index (χ0v) is 11.8. The maximum absolute atomic E-state index is 5.81. The number of nitrogens with one attached hydrogen (secondary N) is 1. The van der Waals surface area contributed by atoms with Gasteiger partial charge in [0, 0.05) is 12.1 Å². The van der Waals surface area contributed by atoms with Crippen LogP contribution in [-0.4, -0.2) is 20.3 Å². The van der Waals surface area contributed by atoms with Crippen molar-refractivity contribution >= 4 is 0 Å². The first-order valence-electron chi connectivity index (χ1n) is 6.82. The Hall–Kier alpha value is -1.22. The lowest BCUT2D eigenvalue weighted by Crippen LogP contribution is -2.15. The van der Waals surface area contributed by atoms with Gasteiger partial charge in [-0.25, -0.2) is 0 Å². The second-order valence-electron chi connectivity index (χ2n) is 4.35. The van der Waals surface area contributed by atoms with Crippen LogP contribution in [0.3, 0.4) is 0 Å². The average molecular weight is 251 g/mol. The van der Waals surface area contributed by atoms with Crippen LogP contribution in [-0.2, 0) is 6.54 Å². The summed E-state index contributed by atoms with van der Waals surface area (Å²) in [6, 6.07) is 5.99. The molecular weight excluding hydrogens is 226 g/mol. The van der Waals surface area contributed by atoms with Gasteiger partial charge < -0.3 is 14.8 Å². The SMILES string of the molecule is CCCCOc1ccc(OC)cc1CNCCC. The van der Waals surface area contributed by atoms with E-state index >= 15 is 0 Å². The van der Waals surface area contributed by atoms with Crippen LogP contribution in [0, 0.1) is 0 Å². The quantitative estimate of drug-likeness (QED) is 0.683. The summed E-state index contributed by atoms with van der Waals surface area (Å²) in [7, 11) is 1.69. The molecule has 3 nitrogen and oxygen atoms in total. The lowest BCUT2D eigenvalue weighted by Gasteiger charge is -2.13. The van der Waals surface area contributed by atoms with Crippen molar-refractivity contribution in [2.45, 2.75) is 39.7 Å². The third-order valence-corrected chi connectivity index (χ3v) is 2.77. The first-order chi connectivity index (χ1) is 8.81. The maximum atomic E-state index is 5.81. The van der Waals surface area contributed by atoms with Crippen LogP contribution in [0.4, 0.5) is 0 Å². The number of hydrogen-bond donors (Lipinski definition) is 1. The zero-order valence-electron chi connectivity index (χ0n) is 11.8. The van der Waals surface area contributed by atoms with Gasteiger partial charge in [0.05, 0.1) is 13.7 Å². The summed E-state index contributed by atoms with van der Waals surface area (Å²) in [5.74, 6) is 1.85. The maximum Gasteiger partial charge on any atom is 0.124 e. The molecule has 0 spiro atoms. The van der Waals surface area contributed by atoms with E-state index in [1.54, 1.807) is 7.11 Å². The van der Waals surface area contributed by atoms with Crippen LogP contribution in [0.1, 0.15) is 38.7 Å². The van der Waals surface area contributed by atoms with E-state index in [0.717, 1.165) is 50.5 Å². The summed E-state index contributed by atoms with van der Waals surface area (Å²) in [4.78, 5) is 0. The van der Waals surface area contributed by atoms with Gasteiger partial charge in [0.2, 0.25) is 0 Å². The molecule has 0 atom stereocenters. The monoisotopic (exact) mass is 251 g/mol. The molecule has 0 aliphatic rings. The normalized spacial score (nSPS) is 10.4. The molecule has 0 saturated heterocycles. The second kappa shape index (κ2) is 8.81. The third kappa shape index (κ3) is 4.96. The van der Waals surface area contributed by atoms with Crippen LogP contribution in [0.15, 0.2) is 18.2 Å². The lowest BCUT2D eigenvalue weighted by molar-refractivity contribution is 0.304. The van der Waals surface area contributed by atoms with Crippen LogP contribution in [0.5, 0.6) is 11.5 Å². The fourth-order valence-corrected chi connectivity index (χ4v) is 1.69. The molecule has 0 aliphatic heterocycles. The van der Waals surface area contributed by atoms with Crippen LogP contribution in [0.25, 0.3) is 0 Å². The minimum atomic E-state index is 0.781. The first-order valence-corrected chi connectivity index (χ1v) is 6.82. The minimum Gasteiger partial charge on any atom is -0.497 e. The van der Waals surface area contributed by atoms with Gasteiger partial charge in [-0.15, -0.1) is 0 Å². The van der Waals surface area contributed by atoms with Crippen molar-refractivity contribution in [3.05, 3.63) is 23.8 Å². The van der Waals surface area contributed by atoms with E-state index in [4.69, 9.17) is 9.47 Å². The number of hydrogen-bond acceptors (Lipinski definition) is 3. The fourth-order valence-electron chi connectivity index (χ4n) is 1.69. The van der Waals surface area contributed by atoms with Gasteiger partial charge in [-0.1, -0.05) is 20.3 Å². The molecule has 1 rings (SSSR count). The highest BCUT2D eigenvalue weighted by atomic mass is 16.5. The minimum absolute atomic E-state index is 0.781. The largest absolute Gasteiger partial charge is 0.497 e. The smallest absolute Gasteiger partial charge is 0.124 e. The number of ether oxygens (including phenoxy) is 2. The van der Waals surface area contributed by atoms with Gasteiger partial charge in [0.1, 0.15) is 11.5 Å². The summed E-state index contributed by atoms with van der Waals surface area (Å²) in [5, 5.41) is 3.40. The molecule has 0 unspecified atom stereocenters. The molecule has 3 heteroatoms.